The molecular weight excluding hydrogens is 365 g/mol. The summed E-state index contributed by atoms with van der Waals surface area (Å²) in [4.78, 5) is 12.6. The Labute approximate surface area is 174 Å². The van der Waals surface area contributed by atoms with Crippen molar-refractivity contribution in [1.29, 1.82) is 0 Å². The number of halogens is 1. The molecule has 0 atom stereocenters. The molecule has 0 unspecified atom stereocenters. The summed E-state index contributed by atoms with van der Waals surface area (Å²) >= 11 is 0. The van der Waals surface area contributed by atoms with Crippen LogP contribution in [-0.4, -0.2) is 30.5 Å². The lowest BCUT2D eigenvalue weighted by Crippen LogP contribution is -2.19. The summed E-state index contributed by atoms with van der Waals surface area (Å²) in [6.45, 7) is 9.60. The van der Waals surface area contributed by atoms with Gasteiger partial charge in [-0.1, -0.05) is 13.0 Å². The maximum atomic E-state index is 13.9. The van der Waals surface area contributed by atoms with Crippen LogP contribution in [0.25, 0.3) is 0 Å². The highest BCUT2D eigenvalue weighted by molar-refractivity contribution is 5.84. The summed E-state index contributed by atoms with van der Waals surface area (Å²) in [6.07, 6.45) is 13.7. The van der Waals surface area contributed by atoms with Gasteiger partial charge in [-0.15, -0.1) is 0 Å². The first-order valence-corrected chi connectivity index (χ1v) is 10.2. The first kappa shape index (κ1) is 24.4. The van der Waals surface area contributed by atoms with Crippen LogP contribution < -0.4 is 11.1 Å². The van der Waals surface area contributed by atoms with E-state index in [1.165, 1.54) is 18.0 Å². The Kier molecular flexibility index (Phi) is 12.9. The number of hydrogen-bond acceptors (Lipinski definition) is 5. The number of aliphatic imine (C=N–C) groups is 2. The summed E-state index contributed by atoms with van der Waals surface area (Å²) in [5, 5.41) is 3.46. The lowest BCUT2D eigenvalue weighted by atomic mass is 10.0. The molecule has 0 spiro atoms. The van der Waals surface area contributed by atoms with Crippen LogP contribution in [0, 0.1) is 5.82 Å². The minimum Gasteiger partial charge on any atom is -0.405 e. The molecule has 0 amide bonds. The Morgan fingerprint density at radius 3 is 2.79 bits per heavy atom. The monoisotopic (exact) mass is 399 g/mol. The van der Waals surface area contributed by atoms with Crippen LogP contribution in [0.3, 0.4) is 0 Å². The highest BCUT2D eigenvalue weighted by Crippen LogP contribution is 2.19. The smallest absolute Gasteiger partial charge is 0.145 e. The normalized spacial score (nSPS) is 13.3. The Bertz CT molecular complexity index is 735. The third-order valence-corrected chi connectivity index (χ3v) is 4.48. The molecular formula is C23H34FN5. The van der Waals surface area contributed by atoms with E-state index in [0.717, 1.165) is 50.8 Å². The molecule has 3 N–H and O–H groups in total. The van der Waals surface area contributed by atoms with Crippen molar-refractivity contribution in [3.05, 3.63) is 65.7 Å². The van der Waals surface area contributed by atoms with Gasteiger partial charge in [0.15, 0.2) is 0 Å². The zero-order valence-electron chi connectivity index (χ0n) is 17.7. The fourth-order valence-electron chi connectivity index (χ4n) is 2.85. The fraction of sp³-hybridized carbons (Fsp3) is 0.435. The molecule has 0 aliphatic heterocycles. The van der Waals surface area contributed by atoms with Crippen LogP contribution in [0.5, 0.6) is 0 Å². The van der Waals surface area contributed by atoms with Gasteiger partial charge in [0.2, 0.25) is 0 Å². The average Bonchev–Trinajstić information content (AvgIpc) is 2.74. The molecule has 0 fully saturated rings. The van der Waals surface area contributed by atoms with Crippen molar-refractivity contribution in [3.63, 3.8) is 0 Å². The lowest BCUT2D eigenvalue weighted by molar-refractivity contribution is 0.602. The summed E-state index contributed by atoms with van der Waals surface area (Å²) in [7, 11) is 0. The second kappa shape index (κ2) is 15.3. The van der Waals surface area contributed by atoms with Gasteiger partial charge in [-0.25, -0.2) is 4.39 Å². The van der Waals surface area contributed by atoms with Gasteiger partial charge in [-0.2, -0.15) is 0 Å². The van der Waals surface area contributed by atoms with Gasteiger partial charge in [0.1, 0.15) is 5.82 Å². The minimum atomic E-state index is -0.335. The highest BCUT2D eigenvalue weighted by Gasteiger charge is 2.09. The molecule has 1 heterocycles. The standard InChI is InChI=1S/C23H34FN5/c1-4-14-28-20(5-2)12-17-27-15-7-6-9-19(11-13-25)22(26-3)18-23-21(24)10-8-16-29-23/h4,8,10-11,13-14,16,27H,3,5-7,9,12,15,17-18,25H2,1-2H3/b13-11-,14-4-,22-19+,28-20+. The van der Waals surface area contributed by atoms with Crippen LogP contribution in [0.4, 0.5) is 4.39 Å². The maximum Gasteiger partial charge on any atom is 0.145 e. The number of aromatic nitrogens is 1. The maximum absolute atomic E-state index is 13.9. The number of allylic oxidation sites excluding steroid dienone is 4. The van der Waals surface area contributed by atoms with Gasteiger partial charge in [0.25, 0.3) is 0 Å². The van der Waals surface area contributed by atoms with Crippen LogP contribution in [-0.2, 0) is 6.42 Å². The van der Waals surface area contributed by atoms with Gasteiger partial charge in [-0.05, 0) is 82.3 Å². The molecule has 158 valence electrons. The Hall–Kier alpha value is -2.60. The van der Waals surface area contributed by atoms with Crippen molar-refractivity contribution in [3.8, 4) is 0 Å². The third kappa shape index (κ3) is 9.94. The number of pyridine rings is 1. The molecule has 1 aromatic heterocycles. The molecule has 29 heavy (non-hydrogen) atoms. The largest absolute Gasteiger partial charge is 0.405 e. The van der Waals surface area contributed by atoms with Crippen molar-refractivity contribution in [2.75, 3.05) is 13.1 Å². The number of nitrogens with zero attached hydrogens (tertiary/aromatic N) is 3. The van der Waals surface area contributed by atoms with Gasteiger partial charge < -0.3 is 11.1 Å². The van der Waals surface area contributed by atoms with Crippen LogP contribution >= 0.6 is 0 Å². The average molecular weight is 400 g/mol. The van der Waals surface area contributed by atoms with Crippen molar-refractivity contribution < 1.29 is 4.39 Å². The molecule has 0 aliphatic carbocycles. The van der Waals surface area contributed by atoms with Crippen molar-refractivity contribution in [1.82, 2.24) is 10.3 Å². The highest BCUT2D eigenvalue weighted by atomic mass is 19.1. The van der Waals surface area contributed by atoms with E-state index in [1.807, 2.05) is 25.3 Å². The van der Waals surface area contributed by atoms with Crippen molar-refractivity contribution in [2.45, 2.75) is 52.4 Å². The van der Waals surface area contributed by atoms with E-state index in [2.05, 4.69) is 33.9 Å². The molecule has 6 heteroatoms. The first-order chi connectivity index (χ1) is 14.2. The van der Waals surface area contributed by atoms with Crippen LogP contribution in [0.2, 0.25) is 0 Å². The summed E-state index contributed by atoms with van der Waals surface area (Å²) in [5.41, 5.74) is 8.85. The van der Waals surface area contributed by atoms with E-state index < -0.39 is 0 Å². The molecule has 0 saturated heterocycles. The Morgan fingerprint density at radius 1 is 1.31 bits per heavy atom. The fourth-order valence-corrected chi connectivity index (χ4v) is 2.85. The number of unbranched alkanes of at least 4 members (excludes halogenated alkanes) is 1. The zero-order chi connectivity index (χ0) is 21.3. The van der Waals surface area contributed by atoms with Gasteiger partial charge in [-0.3, -0.25) is 15.0 Å². The summed E-state index contributed by atoms with van der Waals surface area (Å²) < 4.78 is 13.9. The minimum absolute atomic E-state index is 0.305. The lowest BCUT2D eigenvalue weighted by Gasteiger charge is -2.10. The Morgan fingerprint density at radius 2 is 2.14 bits per heavy atom. The van der Waals surface area contributed by atoms with Crippen LogP contribution in [0.15, 0.2) is 64.1 Å². The second-order valence-corrected chi connectivity index (χ2v) is 6.59. The molecule has 0 aliphatic rings. The predicted molar refractivity (Wildman–Crippen MR) is 122 cm³/mol. The van der Waals surface area contributed by atoms with Gasteiger partial charge in [0.05, 0.1) is 5.69 Å². The molecule has 0 radical (unpaired) electrons. The molecule has 5 nitrogen and oxygen atoms in total. The second-order valence-electron chi connectivity index (χ2n) is 6.59. The van der Waals surface area contributed by atoms with E-state index in [-0.39, 0.29) is 5.82 Å². The topological polar surface area (TPSA) is 75.7 Å². The number of hydrogen-bond donors (Lipinski definition) is 2. The molecule has 0 aromatic carbocycles. The number of rotatable bonds is 14. The van der Waals surface area contributed by atoms with Crippen molar-refractivity contribution in [2.24, 2.45) is 15.7 Å². The predicted octanol–water partition coefficient (Wildman–Crippen LogP) is 4.72. The van der Waals surface area contributed by atoms with Gasteiger partial charge >= 0.3 is 0 Å². The first-order valence-electron chi connectivity index (χ1n) is 10.2. The van der Waals surface area contributed by atoms with E-state index >= 15 is 0 Å². The van der Waals surface area contributed by atoms with Crippen LogP contribution in [0.1, 0.15) is 51.6 Å². The molecule has 0 saturated carbocycles. The summed E-state index contributed by atoms with van der Waals surface area (Å²) in [5.74, 6) is -0.335. The number of nitrogens with one attached hydrogen (secondary N) is 1. The molecule has 0 bridgehead atoms. The third-order valence-electron chi connectivity index (χ3n) is 4.48. The quantitative estimate of drug-likeness (QED) is 0.270. The van der Waals surface area contributed by atoms with E-state index in [0.29, 0.717) is 17.8 Å². The van der Waals surface area contributed by atoms with E-state index in [1.54, 1.807) is 12.3 Å². The van der Waals surface area contributed by atoms with Gasteiger partial charge in [0, 0.05) is 36.8 Å². The number of nitrogens with two attached hydrogens (primary N) is 1. The van der Waals surface area contributed by atoms with E-state index in [9.17, 15) is 4.39 Å². The Balaban J connectivity index is 2.50. The molecule has 1 aromatic rings. The van der Waals surface area contributed by atoms with Crippen molar-refractivity contribution >= 4 is 12.4 Å². The molecule has 1 rings (SSSR count). The van der Waals surface area contributed by atoms with E-state index in [4.69, 9.17) is 5.73 Å². The SMILES string of the molecule is C=N/C(Cc1ncccc1F)=C(/C=C\N)CCCCNCC/C(CC)=N/C=C\C. The summed E-state index contributed by atoms with van der Waals surface area (Å²) in [6, 6.07) is 2.98. The zero-order valence-corrected chi connectivity index (χ0v) is 17.7.